The third-order valence-corrected chi connectivity index (χ3v) is 4.72. The number of benzene rings is 2. The van der Waals surface area contributed by atoms with Crippen LogP contribution in [0.1, 0.15) is 11.1 Å². The Kier molecular flexibility index (Phi) is 3.86. The normalized spacial score (nSPS) is 10.6. The maximum absolute atomic E-state index is 5.55. The molecule has 0 amide bonds. The van der Waals surface area contributed by atoms with Crippen molar-refractivity contribution in [2.45, 2.75) is 13.8 Å². The molecule has 2 N–H and O–H groups in total. The molecule has 4 rings (SSSR count). The topological polar surface area (TPSA) is 51.8 Å². The van der Waals surface area contributed by atoms with Gasteiger partial charge in [-0.1, -0.05) is 23.5 Å². The molecule has 2 heterocycles. The second-order valence-corrected chi connectivity index (χ2v) is 6.80. The van der Waals surface area contributed by atoms with Gasteiger partial charge in [-0.25, -0.2) is 9.97 Å². The lowest BCUT2D eigenvalue weighted by Gasteiger charge is -1.88. The maximum atomic E-state index is 5.55. The van der Waals surface area contributed by atoms with E-state index in [1.807, 2.05) is 11.6 Å². The molecule has 2 aromatic heterocycles. The third kappa shape index (κ3) is 3.20. The second-order valence-electron chi connectivity index (χ2n) is 4.85. The first-order valence-corrected chi connectivity index (χ1v) is 8.24. The highest BCUT2D eigenvalue weighted by Gasteiger charge is 1.98. The Labute approximate surface area is 131 Å². The number of nitrogens with zero attached hydrogens (tertiary/aromatic N) is 2. The zero-order valence-electron chi connectivity index (χ0n) is 11.8. The number of hydrogen-bond donors (Lipinski definition) is 1. The fraction of sp³-hybridized carbons (Fsp3) is 0.125. The number of anilines is 1. The number of hydrogen-bond acceptors (Lipinski definition) is 5. The van der Waals surface area contributed by atoms with Crippen molar-refractivity contribution in [1.82, 2.24) is 9.97 Å². The fourth-order valence-electron chi connectivity index (χ4n) is 2.02. The largest absolute Gasteiger partial charge is 0.375 e. The number of nitrogens with two attached hydrogens (primary N) is 1. The Morgan fingerprint density at radius 1 is 0.905 bits per heavy atom. The summed E-state index contributed by atoms with van der Waals surface area (Å²) >= 11 is 3.21. The molecule has 0 radical (unpaired) electrons. The van der Waals surface area contributed by atoms with Crippen LogP contribution in [0, 0.1) is 13.8 Å². The minimum absolute atomic E-state index is 0.644. The van der Waals surface area contributed by atoms with Crippen LogP contribution in [0.3, 0.4) is 0 Å². The van der Waals surface area contributed by atoms with Gasteiger partial charge in [0.15, 0.2) is 5.13 Å². The summed E-state index contributed by atoms with van der Waals surface area (Å²) in [6, 6.07) is 12.5. The van der Waals surface area contributed by atoms with Gasteiger partial charge in [0, 0.05) is 0 Å². The SMILES string of the molecule is Cc1ccc2sc(N)nc2c1.Cc1ccc2scnc2c1. The maximum Gasteiger partial charge on any atom is 0.181 e. The smallest absolute Gasteiger partial charge is 0.181 e. The molecule has 2 aromatic carbocycles. The second kappa shape index (κ2) is 5.79. The van der Waals surface area contributed by atoms with E-state index < -0.39 is 0 Å². The van der Waals surface area contributed by atoms with Crippen molar-refractivity contribution in [3.05, 3.63) is 53.0 Å². The zero-order valence-corrected chi connectivity index (χ0v) is 13.5. The van der Waals surface area contributed by atoms with Gasteiger partial charge in [-0.2, -0.15) is 0 Å². The fourth-order valence-corrected chi connectivity index (χ4v) is 3.40. The van der Waals surface area contributed by atoms with Gasteiger partial charge in [-0.05, 0) is 49.2 Å². The van der Waals surface area contributed by atoms with Crippen LogP contribution >= 0.6 is 22.7 Å². The van der Waals surface area contributed by atoms with Crippen molar-refractivity contribution in [3.63, 3.8) is 0 Å². The molecule has 0 saturated carbocycles. The zero-order chi connectivity index (χ0) is 14.8. The molecule has 0 atom stereocenters. The van der Waals surface area contributed by atoms with Crippen LogP contribution in [0.2, 0.25) is 0 Å². The average molecular weight is 313 g/mol. The minimum Gasteiger partial charge on any atom is -0.375 e. The lowest BCUT2D eigenvalue weighted by molar-refractivity contribution is 1.45. The number of fused-ring (bicyclic) bond motifs is 2. The van der Waals surface area contributed by atoms with Crippen LogP contribution < -0.4 is 5.73 Å². The minimum atomic E-state index is 0.644. The molecular formula is C16H15N3S2. The highest BCUT2D eigenvalue weighted by atomic mass is 32.1. The summed E-state index contributed by atoms with van der Waals surface area (Å²) in [6.07, 6.45) is 0. The van der Waals surface area contributed by atoms with Crippen LogP contribution in [-0.4, -0.2) is 9.97 Å². The van der Waals surface area contributed by atoms with E-state index in [0.717, 1.165) is 15.7 Å². The summed E-state index contributed by atoms with van der Waals surface area (Å²) in [5.74, 6) is 0. The Morgan fingerprint density at radius 2 is 1.57 bits per heavy atom. The predicted molar refractivity (Wildman–Crippen MR) is 93.1 cm³/mol. The van der Waals surface area contributed by atoms with Crippen LogP contribution in [0.15, 0.2) is 41.9 Å². The molecule has 5 heteroatoms. The van der Waals surface area contributed by atoms with E-state index in [4.69, 9.17) is 5.73 Å². The Balaban J connectivity index is 0.000000126. The molecule has 0 spiro atoms. The van der Waals surface area contributed by atoms with Gasteiger partial charge in [0.2, 0.25) is 0 Å². The van der Waals surface area contributed by atoms with Gasteiger partial charge in [-0.3, -0.25) is 0 Å². The van der Waals surface area contributed by atoms with Crippen molar-refractivity contribution >= 4 is 48.2 Å². The quantitative estimate of drug-likeness (QED) is 0.508. The van der Waals surface area contributed by atoms with Gasteiger partial charge < -0.3 is 5.73 Å². The third-order valence-electron chi connectivity index (χ3n) is 3.05. The first kappa shape index (κ1) is 14.0. The van der Waals surface area contributed by atoms with Gasteiger partial charge >= 0.3 is 0 Å². The summed E-state index contributed by atoms with van der Waals surface area (Å²) in [7, 11) is 0. The summed E-state index contributed by atoms with van der Waals surface area (Å²) < 4.78 is 2.43. The van der Waals surface area contributed by atoms with E-state index in [0.29, 0.717) is 5.13 Å². The number of aromatic nitrogens is 2. The summed E-state index contributed by atoms with van der Waals surface area (Å²) in [5, 5.41) is 0.644. The van der Waals surface area contributed by atoms with Gasteiger partial charge in [-0.15, -0.1) is 11.3 Å². The monoisotopic (exact) mass is 313 g/mol. The lowest BCUT2D eigenvalue weighted by Crippen LogP contribution is -1.79. The van der Waals surface area contributed by atoms with Gasteiger partial charge in [0.1, 0.15) is 0 Å². The number of thiazole rings is 2. The van der Waals surface area contributed by atoms with E-state index in [-0.39, 0.29) is 0 Å². The molecule has 3 nitrogen and oxygen atoms in total. The van der Waals surface area contributed by atoms with Crippen LogP contribution in [0.4, 0.5) is 5.13 Å². The van der Waals surface area contributed by atoms with E-state index in [2.05, 4.69) is 54.1 Å². The molecule has 0 aliphatic carbocycles. The number of aryl methyl sites for hydroxylation is 2. The van der Waals surface area contributed by atoms with Crippen LogP contribution in [-0.2, 0) is 0 Å². The first-order chi connectivity index (χ1) is 10.1. The van der Waals surface area contributed by atoms with E-state index in [1.165, 1.54) is 27.2 Å². The Hall–Kier alpha value is -1.98. The lowest BCUT2D eigenvalue weighted by atomic mass is 10.2. The summed E-state index contributed by atoms with van der Waals surface area (Å²) in [6.45, 7) is 4.13. The first-order valence-electron chi connectivity index (χ1n) is 6.54. The van der Waals surface area contributed by atoms with Gasteiger partial charge in [0.25, 0.3) is 0 Å². The van der Waals surface area contributed by atoms with E-state index in [1.54, 1.807) is 11.3 Å². The summed E-state index contributed by atoms with van der Waals surface area (Å²) in [5.41, 5.74) is 12.1. The van der Waals surface area contributed by atoms with Crippen molar-refractivity contribution < 1.29 is 0 Å². The predicted octanol–water partition coefficient (Wildman–Crippen LogP) is 4.79. The average Bonchev–Trinajstić information content (AvgIpc) is 3.03. The van der Waals surface area contributed by atoms with Crippen molar-refractivity contribution in [2.24, 2.45) is 0 Å². The molecule has 0 unspecified atom stereocenters. The Bertz CT molecular complexity index is 893. The highest BCUT2D eigenvalue weighted by molar-refractivity contribution is 7.22. The van der Waals surface area contributed by atoms with Crippen molar-refractivity contribution in [1.29, 1.82) is 0 Å². The molecule has 21 heavy (non-hydrogen) atoms. The molecule has 0 bridgehead atoms. The standard InChI is InChI=1S/C8H8N2S.C8H7NS/c1-5-2-3-7-6(4-5)10-8(9)11-7;1-6-2-3-8-7(4-6)9-5-10-8/h2-4H,1H3,(H2,9,10);2-5H,1H3. The molecule has 0 fully saturated rings. The molecule has 0 saturated heterocycles. The van der Waals surface area contributed by atoms with Crippen molar-refractivity contribution in [3.8, 4) is 0 Å². The molecular weight excluding hydrogens is 298 g/mol. The van der Waals surface area contributed by atoms with Crippen LogP contribution in [0.25, 0.3) is 20.4 Å². The van der Waals surface area contributed by atoms with E-state index >= 15 is 0 Å². The Morgan fingerprint density at radius 3 is 2.33 bits per heavy atom. The highest BCUT2D eigenvalue weighted by Crippen LogP contribution is 2.23. The molecule has 0 aliphatic heterocycles. The molecule has 106 valence electrons. The van der Waals surface area contributed by atoms with E-state index in [9.17, 15) is 0 Å². The molecule has 4 aromatic rings. The molecule has 0 aliphatic rings. The number of nitrogen functional groups attached to an aromatic ring is 1. The number of rotatable bonds is 0. The van der Waals surface area contributed by atoms with Crippen molar-refractivity contribution in [2.75, 3.05) is 5.73 Å². The summed E-state index contributed by atoms with van der Waals surface area (Å²) in [4.78, 5) is 8.37. The van der Waals surface area contributed by atoms with Crippen LogP contribution in [0.5, 0.6) is 0 Å². The van der Waals surface area contributed by atoms with Gasteiger partial charge in [0.05, 0.1) is 25.9 Å².